The minimum atomic E-state index is -1.33. The molecule has 3 aromatic heterocycles. The maximum atomic E-state index is 15.9. The largest absolute Gasteiger partial charge is 0.496 e. The SMILES string of the molecule is COc1cccc(F)c1-c1cc2c(nc1F)c(OC(=O)C1CN(C(=O)O)CCN1)c([N+](=O)[O-])c(=O)n2-c1c(C)ncnc1C(C)C. The van der Waals surface area contributed by atoms with E-state index in [1.165, 1.54) is 32.5 Å². The van der Waals surface area contributed by atoms with Crippen LogP contribution in [0.1, 0.15) is 31.2 Å². The molecule has 0 aliphatic carbocycles. The molecule has 1 aliphatic heterocycles. The summed E-state index contributed by atoms with van der Waals surface area (Å²) in [5, 5.41) is 24.6. The van der Waals surface area contributed by atoms with Crippen molar-refractivity contribution in [3.05, 3.63) is 74.2 Å². The van der Waals surface area contributed by atoms with Crippen LogP contribution in [0.4, 0.5) is 19.3 Å². The number of nitrogens with zero attached hydrogens (tertiary/aromatic N) is 6. The number of ether oxygens (including phenoxy) is 2. The Kier molecular flexibility index (Phi) is 8.60. The molecule has 1 fully saturated rings. The summed E-state index contributed by atoms with van der Waals surface area (Å²) in [4.78, 5) is 63.5. The zero-order valence-corrected chi connectivity index (χ0v) is 24.9. The molecular formula is C29H27F2N7O8. The third-order valence-electron chi connectivity index (χ3n) is 7.42. The van der Waals surface area contributed by atoms with Gasteiger partial charge in [-0.3, -0.25) is 19.5 Å². The van der Waals surface area contributed by atoms with Crippen LogP contribution in [0, 0.1) is 28.8 Å². The molecule has 1 unspecified atom stereocenters. The van der Waals surface area contributed by atoms with Crippen molar-refractivity contribution < 1.29 is 37.9 Å². The minimum Gasteiger partial charge on any atom is -0.496 e. The first kappa shape index (κ1) is 31.8. The zero-order chi connectivity index (χ0) is 33.4. The molecule has 1 aliphatic rings. The van der Waals surface area contributed by atoms with Crippen molar-refractivity contribution in [2.75, 3.05) is 26.7 Å². The van der Waals surface area contributed by atoms with Crippen LogP contribution in [0.25, 0.3) is 27.8 Å². The third kappa shape index (κ3) is 5.55. The second-order valence-corrected chi connectivity index (χ2v) is 10.6. The Labute approximate surface area is 258 Å². The molecule has 4 aromatic rings. The van der Waals surface area contributed by atoms with Crippen molar-refractivity contribution in [2.24, 2.45) is 0 Å². The summed E-state index contributed by atoms with van der Waals surface area (Å²) >= 11 is 0. The van der Waals surface area contributed by atoms with Crippen LogP contribution in [0.2, 0.25) is 0 Å². The van der Waals surface area contributed by atoms with E-state index in [0.717, 1.165) is 21.6 Å². The first-order valence-electron chi connectivity index (χ1n) is 13.9. The van der Waals surface area contributed by atoms with Crippen LogP contribution >= 0.6 is 0 Å². The number of amides is 1. The number of fused-ring (bicyclic) bond motifs is 1. The highest BCUT2D eigenvalue weighted by atomic mass is 19.1. The average Bonchev–Trinajstić information content (AvgIpc) is 3.01. The van der Waals surface area contributed by atoms with E-state index >= 15 is 8.78 Å². The number of benzene rings is 1. The predicted molar refractivity (Wildman–Crippen MR) is 157 cm³/mol. The van der Waals surface area contributed by atoms with Gasteiger partial charge in [-0.05, 0) is 31.0 Å². The summed E-state index contributed by atoms with van der Waals surface area (Å²) in [5.74, 6) is -4.80. The molecule has 17 heteroatoms. The van der Waals surface area contributed by atoms with Gasteiger partial charge in [0.1, 0.15) is 29.5 Å². The topological polar surface area (TPSA) is 192 Å². The van der Waals surface area contributed by atoms with Gasteiger partial charge in [0.2, 0.25) is 11.7 Å². The molecule has 240 valence electrons. The summed E-state index contributed by atoms with van der Waals surface area (Å²) < 4.78 is 42.6. The lowest BCUT2D eigenvalue weighted by atomic mass is 10.0. The minimum absolute atomic E-state index is 0.0272. The maximum Gasteiger partial charge on any atom is 0.407 e. The fraction of sp³-hybridized carbons (Fsp3) is 0.310. The van der Waals surface area contributed by atoms with E-state index in [2.05, 4.69) is 20.3 Å². The molecule has 1 amide bonds. The number of methoxy groups -OCH3 is 1. The van der Waals surface area contributed by atoms with Crippen molar-refractivity contribution in [3.8, 4) is 28.3 Å². The van der Waals surface area contributed by atoms with Crippen LogP contribution < -0.4 is 20.3 Å². The highest BCUT2D eigenvalue weighted by Gasteiger charge is 2.36. The summed E-state index contributed by atoms with van der Waals surface area (Å²) in [6.45, 7) is 4.80. The van der Waals surface area contributed by atoms with Crippen molar-refractivity contribution in [1.29, 1.82) is 0 Å². The molecular weight excluding hydrogens is 612 g/mol. The Morgan fingerprint density at radius 1 is 1.24 bits per heavy atom. The summed E-state index contributed by atoms with van der Waals surface area (Å²) in [6.07, 6.45) is -0.0588. The van der Waals surface area contributed by atoms with Crippen LogP contribution in [0.3, 0.4) is 0 Å². The van der Waals surface area contributed by atoms with Gasteiger partial charge in [-0.2, -0.15) is 4.39 Å². The average molecular weight is 640 g/mol. The van der Waals surface area contributed by atoms with Crippen molar-refractivity contribution in [2.45, 2.75) is 32.7 Å². The van der Waals surface area contributed by atoms with Gasteiger partial charge >= 0.3 is 23.3 Å². The second kappa shape index (κ2) is 12.4. The quantitative estimate of drug-likeness (QED) is 0.130. The number of aromatic nitrogens is 4. The maximum absolute atomic E-state index is 15.9. The second-order valence-electron chi connectivity index (χ2n) is 10.6. The van der Waals surface area contributed by atoms with E-state index < -0.39 is 62.9 Å². The number of pyridine rings is 2. The van der Waals surface area contributed by atoms with Crippen molar-refractivity contribution in [1.82, 2.24) is 29.7 Å². The number of carbonyl (C=O) groups is 2. The number of nitro groups is 1. The summed E-state index contributed by atoms with van der Waals surface area (Å²) in [5.41, 5.74) is -3.76. The van der Waals surface area contributed by atoms with Crippen molar-refractivity contribution in [3.63, 3.8) is 0 Å². The van der Waals surface area contributed by atoms with Crippen molar-refractivity contribution >= 4 is 28.8 Å². The molecule has 5 rings (SSSR count). The fourth-order valence-electron chi connectivity index (χ4n) is 5.27. The lowest BCUT2D eigenvalue weighted by molar-refractivity contribution is -0.387. The molecule has 2 N–H and O–H groups in total. The van der Waals surface area contributed by atoms with Gasteiger partial charge in [0.05, 0.1) is 46.7 Å². The van der Waals surface area contributed by atoms with Gasteiger partial charge in [0.25, 0.3) is 0 Å². The van der Waals surface area contributed by atoms with Gasteiger partial charge in [0.15, 0.2) is 0 Å². The molecule has 15 nitrogen and oxygen atoms in total. The smallest absolute Gasteiger partial charge is 0.407 e. The number of rotatable bonds is 7. The van der Waals surface area contributed by atoms with E-state index in [1.54, 1.807) is 13.8 Å². The van der Waals surface area contributed by atoms with Gasteiger partial charge in [-0.1, -0.05) is 19.9 Å². The first-order valence-corrected chi connectivity index (χ1v) is 13.9. The standard InChI is InChI=1S/C29H27F2N7O8/c1-13(2)21-23(14(3)33-12-34-21)37-18-10-15(20-16(30)6-5-7-19(20)45-4)26(31)35-22(18)25(24(27(37)39)38(43)44)46-28(40)17-11-36(29(41)42)9-8-32-17/h5-7,10,12-13,17,32H,8-9,11H2,1-4H3,(H,41,42). The Balaban J connectivity index is 1.87. The lowest BCUT2D eigenvalue weighted by Crippen LogP contribution is -2.56. The number of hydrogen-bond acceptors (Lipinski definition) is 11. The monoisotopic (exact) mass is 639 g/mol. The van der Waals surface area contributed by atoms with Gasteiger partial charge in [-0.15, -0.1) is 0 Å². The van der Waals surface area contributed by atoms with Gasteiger partial charge < -0.3 is 24.8 Å². The third-order valence-corrected chi connectivity index (χ3v) is 7.42. The summed E-state index contributed by atoms with van der Waals surface area (Å²) in [7, 11) is 1.24. The molecule has 1 atom stereocenters. The highest BCUT2D eigenvalue weighted by molar-refractivity contribution is 5.93. The number of nitrogens with one attached hydrogen (secondary N) is 1. The van der Waals surface area contributed by atoms with Crippen LogP contribution in [0.5, 0.6) is 11.5 Å². The van der Waals surface area contributed by atoms with E-state index in [0.29, 0.717) is 5.69 Å². The number of carbonyl (C=O) groups excluding carboxylic acids is 1. The fourth-order valence-corrected chi connectivity index (χ4v) is 5.27. The molecule has 0 bridgehead atoms. The van der Waals surface area contributed by atoms with E-state index in [-0.39, 0.29) is 53.8 Å². The Bertz CT molecular complexity index is 1970. The number of halogens is 2. The number of piperazine rings is 1. The van der Waals surface area contributed by atoms with Crippen LogP contribution in [-0.2, 0) is 4.79 Å². The number of hydrogen-bond donors (Lipinski definition) is 2. The van der Waals surface area contributed by atoms with Gasteiger partial charge in [0, 0.05) is 18.7 Å². The predicted octanol–water partition coefficient (Wildman–Crippen LogP) is 3.33. The molecule has 4 heterocycles. The highest BCUT2D eigenvalue weighted by Crippen LogP contribution is 2.40. The van der Waals surface area contributed by atoms with E-state index in [4.69, 9.17) is 9.47 Å². The Hall–Kier alpha value is -5.58. The number of carboxylic acid groups (broad SMARTS) is 1. The number of aryl methyl sites for hydroxylation is 1. The number of esters is 1. The Morgan fingerprint density at radius 2 is 1.98 bits per heavy atom. The van der Waals surface area contributed by atoms with E-state index in [1.807, 2.05) is 0 Å². The molecule has 46 heavy (non-hydrogen) atoms. The molecule has 0 spiro atoms. The van der Waals surface area contributed by atoms with Crippen LogP contribution in [0.15, 0.2) is 35.4 Å². The summed E-state index contributed by atoms with van der Waals surface area (Å²) in [6, 6.07) is 3.53. The lowest BCUT2D eigenvalue weighted by Gasteiger charge is -2.30. The molecule has 0 radical (unpaired) electrons. The molecule has 1 saturated heterocycles. The molecule has 0 saturated carbocycles. The zero-order valence-electron chi connectivity index (χ0n) is 24.9. The van der Waals surface area contributed by atoms with Crippen LogP contribution in [-0.4, -0.2) is 79.3 Å². The Morgan fingerprint density at radius 3 is 2.63 bits per heavy atom. The van der Waals surface area contributed by atoms with E-state index in [9.17, 15) is 29.6 Å². The molecule has 1 aromatic carbocycles. The van der Waals surface area contributed by atoms with Gasteiger partial charge in [-0.25, -0.2) is 28.9 Å². The first-order chi connectivity index (χ1) is 21.8. The normalized spacial score (nSPS) is 14.8.